The van der Waals surface area contributed by atoms with E-state index in [-0.39, 0.29) is 42.1 Å². The number of amides is 3. The molecule has 4 aromatic rings. The SMILES string of the molecule is C/C(=N\NC(=O)c1ccc(C(=O)NCc2ccc(C(=O)NCCO)cc2)s1)c1csc(-c2ccc(Cl)c(Cl)c2)c1O. The van der Waals surface area contributed by atoms with Crippen molar-refractivity contribution in [2.24, 2.45) is 5.10 Å². The van der Waals surface area contributed by atoms with Crippen LogP contribution in [0.15, 0.2) is 65.1 Å². The van der Waals surface area contributed by atoms with Crippen molar-refractivity contribution in [3.63, 3.8) is 0 Å². The van der Waals surface area contributed by atoms with Gasteiger partial charge < -0.3 is 20.8 Å². The molecule has 0 saturated heterocycles. The van der Waals surface area contributed by atoms with Gasteiger partial charge in [0.15, 0.2) is 0 Å². The standard InChI is InChI=1S/C28H24Cl2N4O5S2/c1-15(19-14-40-25(24(19)36)18-6-7-20(29)21(30)12-18)33-34-28(39)23-9-8-22(41-23)27(38)32-13-16-2-4-17(5-3-16)26(37)31-10-11-35/h2-9,12,14,35-36H,10-11,13H2,1H3,(H,31,37)(H,32,38)(H,34,39)/b33-15+. The largest absolute Gasteiger partial charge is 0.506 e. The summed E-state index contributed by atoms with van der Waals surface area (Å²) in [6, 6.07) is 14.9. The second-order valence-corrected chi connectivity index (χ2v) is 11.4. The first-order chi connectivity index (χ1) is 19.7. The second kappa shape index (κ2) is 13.7. The smallest absolute Gasteiger partial charge is 0.281 e. The van der Waals surface area contributed by atoms with E-state index in [9.17, 15) is 19.5 Å². The molecule has 0 aliphatic carbocycles. The molecule has 0 atom stereocenters. The van der Waals surface area contributed by atoms with Gasteiger partial charge in [0, 0.05) is 24.0 Å². The molecule has 5 N–H and O–H groups in total. The van der Waals surface area contributed by atoms with Crippen molar-refractivity contribution in [1.29, 1.82) is 0 Å². The fourth-order valence-electron chi connectivity index (χ4n) is 3.60. The van der Waals surface area contributed by atoms with Gasteiger partial charge in [-0.1, -0.05) is 41.4 Å². The number of hydrogen-bond acceptors (Lipinski definition) is 8. The zero-order valence-corrected chi connectivity index (χ0v) is 24.7. The lowest BCUT2D eigenvalue weighted by Crippen LogP contribution is -2.26. The number of aliphatic hydroxyl groups excluding tert-OH is 1. The summed E-state index contributed by atoms with van der Waals surface area (Å²) in [6.45, 7) is 1.91. The molecular weight excluding hydrogens is 607 g/mol. The molecule has 0 radical (unpaired) electrons. The van der Waals surface area contributed by atoms with E-state index in [1.54, 1.807) is 60.8 Å². The van der Waals surface area contributed by atoms with Crippen molar-refractivity contribution in [2.75, 3.05) is 13.2 Å². The maximum absolute atomic E-state index is 12.7. The highest BCUT2D eigenvalue weighted by Crippen LogP contribution is 2.40. The van der Waals surface area contributed by atoms with Crippen LogP contribution in [0, 0.1) is 0 Å². The lowest BCUT2D eigenvalue weighted by Gasteiger charge is -2.06. The Morgan fingerprint density at radius 1 is 0.902 bits per heavy atom. The molecule has 9 nitrogen and oxygen atoms in total. The number of aliphatic hydroxyl groups is 1. The number of nitrogens with zero attached hydrogens (tertiary/aromatic N) is 1. The molecule has 0 fully saturated rings. The molecule has 212 valence electrons. The molecule has 0 aliphatic rings. The average molecular weight is 632 g/mol. The minimum absolute atomic E-state index is 0.0126. The van der Waals surface area contributed by atoms with Gasteiger partial charge in [0.05, 0.1) is 42.6 Å². The zero-order valence-electron chi connectivity index (χ0n) is 21.5. The van der Waals surface area contributed by atoms with Gasteiger partial charge in [0.1, 0.15) is 5.75 Å². The second-order valence-electron chi connectivity index (χ2n) is 8.62. The predicted octanol–water partition coefficient (Wildman–Crippen LogP) is 5.30. The number of carbonyl (C=O) groups is 3. The molecular formula is C28H24Cl2N4O5S2. The van der Waals surface area contributed by atoms with Crippen LogP contribution in [0.4, 0.5) is 0 Å². The minimum atomic E-state index is -0.497. The van der Waals surface area contributed by atoms with Crippen LogP contribution in [0.2, 0.25) is 10.0 Å². The van der Waals surface area contributed by atoms with E-state index in [1.165, 1.54) is 17.4 Å². The van der Waals surface area contributed by atoms with Gasteiger partial charge in [-0.2, -0.15) is 5.10 Å². The highest BCUT2D eigenvalue weighted by atomic mass is 35.5. The molecule has 0 unspecified atom stereocenters. The summed E-state index contributed by atoms with van der Waals surface area (Å²) in [4.78, 5) is 38.4. The van der Waals surface area contributed by atoms with Gasteiger partial charge >= 0.3 is 0 Å². The number of hydrazone groups is 1. The van der Waals surface area contributed by atoms with Crippen LogP contribution in [0.1, 0.15) is 47.8 Å². The van der Waals surface area contributed by atoms with Gasteiger partial charge in [-0.15, -0.1) is 22.7 Å². The van der Waals surface area contributed by atoms with Crippen LogP contribution in [0.3, 0.4) is 0 Å². The average Bonchev–Trinajstić information content (AvgIpc) is 3.62. The fourth-order valence-corrected chi connectivity index (χ4v) is 5.71. The predicted molar refractivity (Wildman–Crippen MR) is 162 cm³/mol. The molecule has 2 heterocycles. The first-order valence-corrected chi connectivity index (χ1v) is 14.6. The zero-order chi connectivity index (χ0) is 29.5. The highest BCUT2D eigenvalue weighted by molar-refractivity contribution is 7.16. The number of thiophene rings is 2. The summed E-state index contributed by atoms with van der Waals surface area (Å²) in [5.41, 5.74) is 5.25. The monoisotopic (exact) mass is 630 g/mol. The van der Waals surface area contributed by atoms with Crippen LogP contribution in [0.25, 0.3) is 10.4 Å². The molecule has 0 spiro atoms. The summed E-state index contributed by atoms with van der Waals surface area (Å²) >= 11 is 14.4. The van der Waals surface area contributed by atoms with E-state index < -0.39 is 5.91 Å². The summed E-state index contributed by atoms with van der Waals surface area (Å²) in [7, 11) is 0. The minimum Gasteiger partial charge on any atom is -0.506 e. The first kappa shape index (κ1) is 30.2. The van der Waals surface area contributed by atoms with Crippen molar-refractivity contribution in [3.8, 4) is 16.2 Å². The molecule has 41 heavy (non-hydrogen) atoms. The first-order valence-electron chi connectivity index (χ1n) is 12.1. The normalized spacial score (nSPS) is 11.3. The van der Waals surface area contributed by atoms with E-state index in [4.69, 9.17) is 28.3 Å². The van der Waals surface area contributed by atoms with E-state index in [1.807, 2.05) is 0 Å². The van der Waals surface area contributed by atoms with Crippen molar-refractivity contribution in [1.82, 2.24) is 16.1 Å². The van der Waals surface area contributed by atoms with Crippen molar-refractivity contribution < 1.29 is 24.6 Å². The fraction of sp³-hybridized carbons (Fsp3) is 0.143. The van der Waals surface area contributed by atoms with Crippen molar-refractivity contribution >= 4 is 69.3 Å². The van der Waals surface area contributed by atoms with Crippen molar-refractivity contribution in [3.05, 3.63) is 96.5 Å². The number of benzene rings is 2. The summed E-state index contributed by atoms with van der Waals surface area (Å²) in [5, 5.41) is 31.5. The Hall–Kier alpha value is -3.74. The van der Waals surface area contributed by atoms with Gasteiger partial charge in [0.2, 0.25) is 0 Å². The Bertz CT molecular complexity index is 1620. The lowest BCUT2D eigenvalue weighted by atomic mass is 10.1. The Kier molecular flexibility index (Phi) is 10.1. The number of aromatic hydroxyl groups is 1. The van der Waals surface area contributed by atoms with Crippen LogP contribution in [-0.4, -0.2) is 46.8 Å². The van der Waals surface area contributed by atoms with Gasteiger partial charge in [-0.3, -0.25) is 14.4 Å². The third kappa shape index (κ3) is 7.51. The van der Waals surface area contributed by atoms with E-state index >= 15 is 0 Å². The molecule has 2 aromatic carbocycles. The molecule has 4 rings (SSSR count). The molecule has 0 saturated carbocycles. The molecule has 0 aliphatic heterocycles. The third-order valence-corrected chi connectivity index (χ3v) is 8.62. The van der Waals surface area contributed by atoms with Gasteiger partial charge in [-0.25, -0.2) is 5.43 Å². The van der Waals surface area contributed by atoms with E-state index in [0.717, 1.165) is 16.9 Å². The number of rotatable bonds is 10. The Labute approximate surface area is 253 Å². The number of hydrogen-bond donors (Lipinski definition) is 5. The lowest BCUT2D eigenvalue weighted by molar-refractivity contribution is 0.0939. The maximum atomic E-state index is 12.7. The van der Waals surface area contributed by atoms with Crippen LogP contribution in [-0.2, 0) is 6.54 Å². The number of carbonyl (C=O) groups excluding carboxylic acids is 3. The number of nitrogens with one attached hydrogen (secondary N) is 3. The van der Waals surface area contributed by atoms with E-state index in [2.05, 4.69) is 21.2 Å². The number of halogens is 2. The Morgan fingerprint density at radius 2 is 1.61 bits per heavy atom. The molecule has 3 amide bonds. The van der Waals surface area contributed by atoms with Crippen LogP contribution in [0.5, 0.6) is 5.75 Å². The van der Waals surface area contributed by atoms with Crippen molar-refractivity contribution in [2.45, 2.75) is 13.5 Å². The van der Waals surface area contributed by atoms with E-state index in [0.29, 0.717) is 42.2 Å². The molecule has 0 bridgehead atoms. The third-order valence-electron chi connectivity index (χ3n) is 5.78. The quantitative estimate of drug-likeness (QED) is 0.120. The Morgan fingerprint density at radius 3 is 2.29 bits per heavy atom. The highest BCUT2D eigenvalue weighted by Gasteiger charge is 2.17. The molecule has 2 aromatic heterocycles. The van der Waals surface area contributed by atoms with Gasteiger partial charge in [-0.05, 0) is 54.4 Å². The Balaban J connectivity index is 1.33. The van der Waals surface area contributed by atoms with Gasteiger partial charge in [0.25, 0.3) is 17.7 Å². The summed E-state index contributed by atoms with van der Waals surface area (Å²) in [6.07, 6.45) is 0. The summed E-state index contributed by atoms with van der Waals surface area (Å²) < 4.78 is 0. The summed E-state index contributed by atoms with van der Waals surface area (Å²) in [5.74, 6) is -1.13. The topological polar surface area (TPSA) is 140 Å². The molecule has 13 heteroatoms. The van der Waals surface area contributed by atoms with Crippen LogP contribution >= 0.6 is 45.9 Å². The van der Waals surface area contributed by atoms with Crippen LogP contribution < -0.4 is 16.1 Å². The maximum Gasteiger partial charge on any atom is 0.281 e.